The van der Waals surface area contributed by atoms with Crippen LogP contribution in [0.2, 0.25) is 0 Å². The summed E-state index contributed by atoms with van der Waals surface area (Å²) in [6.45, 7) is 6.59. The van der Waals surface area contributed by atoms with E-state index in [0.717, 1.165) is 35.5 Å². The molecule has 0 radical (unpaired) electrons. The number of hydrogen-bond donors (Lipinski definition) is 3. The lowest BCUT2D eigenvalue weighted by atomic mass is 9.75. The van der Waals surface area contributed by atoms with Crippen molar-refractivity contribution in [3.63, 3.8) is 0 Å². The van der Waals surface area contributed by atoms with Gasteiger partial charge >= 0.3 is 0 Å². The van der Waals surface area contributed by atoms with Gasteiger partial charge in [0.15, 0.2) is 0 Å². The minimum Gasteiger partial charge on any atom is -0.381 e. The van der Waals surface area contributed by atoms with E-state index in [1.165, 1.54) is 0 Å². The number of rotatable bonds is 5. The summed E-state index contributed by atoms with van der Waals surface area (Å²) in [5, 5.41) is 13.9. The number of fused-ring (bicyclic) bond motifs is 1. The van der Waals surface area contributed by atoms with Crippen LogP contribution >= 0.6 is 0 Å². The Hall–Kier alpha value is -3.50. The Morgan fingerprint density at radius 1 is 1.12 bits per heavy atom. The fourth-order valence-corrected chi connectivity index (χ4v) is 6.54. The van der Waals surface area contributed by atoms with E-state index in [2.05, 4.69) is 38.1 Å². The average molecular weight is 577 g/mol. The quantitative estimate of drug-likeness (QED) is 0.471. The van der Waals surface area contributed by atoms with Crippen molar-refractivity contribution in [3.8, 4) is 0 Å². The number of amides is 3. The summed E-state index contributed by atoms with van der Waals surface area (Å²) in [6, 6.07) is 9.12. The molecule has 0 aliphatic carbocycles. The van der Waals surface area contributed by atoms with Crippen molar-refractivity contribution < 1.29 is 19.1 Å². The van der Waals surface area contributed by atoms with Gasteiger partial charge in [0, 0.05) is 45.8 Å². The molecule has 3 N–H and O–H groups in total. The van der Waals surface area contributed by atoms with E-state index >= 15 is 0 Å². The first-order chi connectivity index (χ1) is 20.2. The highest BCUT2D eigenvalue weighted by Crippen LogP contribution is 2.36. The molecule has 2 aromatic rings. The number of anilines is 1. The Morgan fingerprint density at radius 3 is 2.60 bits per heavy atom. The van der Waals surface area contributed by atoms with E-state index in [1.54, 1.807) is 4.68 Å². The molecule has 3 atom stereocenters. The van der Waals surface area contributed by atoms with Crippen molar-refractivity contribution in [1.82, 2.24) is 25.3 Å². The summed E-state index contributed by atoms with van der Waals surface area (Å²) < 4.78 is 7.37. The maximum Gasteiger partial charge on any atom is 0.243 e. The predicted molar refractivity (Wildman–Crippen MR) is 161 cm³/mol. The normalized spacial score (nSPS) is 25.1. The highest BCUT2D eigenvalue weighted by Gasteiger charge is 2.41. The molecule has 4 heterocycles. The number of ether oxygens (including phenoxy) is 1. The number of nitrogens with zero attached hydrogens (tertiary/aromatic N) is 3. The molecule has 5 rings (SSSR count). The maximum absolute atomic E-state index is 13.8. The molecule has 1 aromatic carbocycles. The van der Waals surface area contributed by atoms with Gasteiger partial charge in [-0.1, -0.05) is 42.5 Å². The molecule has 1 aromatic heterocycles. The number of piperidine rings is 1. The highest BCUT2D eigenvalue weighted by molar-refractivity contribution is 5.93. The summed E-state index contributed by atoms with van der Waals surface area (Å²) >= 11 is 0. The summed E-state index contributed by atoms with van der Waals surface area (Å²) in [7, 11) is 1.87. The lowest BCUT2D eigenvalue weighted by Gasteiger charge is -2.40. The Bertz CT molecular complexity index is 1300. The van der Waals surface area contributed by atoms with Crippen LogP contribution in [0.1, 0.15) is 49.1 Å². The van der Waals surface area contributed by atoms with Crippen molar-refractivity contribution in [2.45, 2.75) is 64.5 Å². The van der Waals surface area contributed by atoms with Crippen molar-refractivity contribution in [2.75, 3.05) is 38.2 Å². The zero-order valence-electron chi connectivity index (χ0n) is 25.0. The van der Waals surface area contributed by atoms with Crippen molar-refractivity contribution in [3.05, 3.63) is 59.4 Å². The monoisotopic (exact) mass is 576 g/mol. The predicted octanol–water partition coefficient (Wildman–Crippen LogP) is 2.66. The third-order valence-corrected chi connectivity index (χ3v) is 9.24. The van der Waals surface area contributed by atoms with Crippen LogP contribution in [0, 0.1) is 25.2 Å². The standard InChI is InChI=1S/C32H44N6O4/c1-22-29(23(2)37(3)36-22)35-28(39)21-38-16-12-26-25(20-38)11-7-8-13-32(14-17-42-18-15-32)31(41)34-27(30(40)33-26)19-24-9-5-4-6-10-24/h4-10,25-27H,11-21H2,1-3H3,(H,33,40)(H,34,41)(H,35,39)/t25-,26+,27-/m1/s1. The molecule has 0 saturated carbocycles. The number of allylic oxidation sites excluding steroid dienone is 2. The number of aromatic nitrogens is 2. The summed E-state index contributed by atoms with van der Waals surface area (Å²) in [4.78, 5) is 42.7. The average Bonchev–Trinajstić information content (AvgIpc) is 3.22. The molecule has 2 saturated heterocycles. The van der Waals surface area contributed by atoms with Crippen LogP contribution in [0.15, 0.2) is 42.5 Å². The molecule has 0 unspecified atom stereocenters. The molecular formula is C32H44N6O4. The maximum atomic E-state index is 13.8. The number of carbonyl (C=O) groups is 3. The minimum atomic E-state index is -0.668. The third kappa shape index (κ3) is 6.93. The molecule has 3 aliphatic rings. The number of benzene rings is 1. The first-order valence-electron chi connectivity index (χ1n) is 15.1. The van der Waals surface area contributed by atoms with Crippen molar-refractivity contribution >= 4 is 23.4 Å². The summed E-state index contributed by atoms with van der Waals surface area (Å²) in [5.41, 5.74) is 2.91. The van der Waals surface area contributed by atoms with E-state index in [0.29, 0.717) is 52.0 Å². The van der Waals surface area contributed by atoms with E-state index < -0.39 is 11.5 Å². The lowest BCUT2D eigenvalue weighted by Crippen LogP contribution is -2.58. The molecule has 3 aliphatic heterocycles. The van der Waals surface area contributed by atoms with E-state index in [9.17, 15) is 14.4 Å². The van der Waals surface area contributed by atoms with E-state index in [-0.39, 0.29) is 36.2 Å². The second kappa shape index (κ2) is 13.2. The van der Waals surface area contributed by atoms with Crippen LogP contribution in [0.3, 0.4) is 0 Å². The first-order valence-corrected chi connectivity index (χ1v) is 15.1. The fourth-order valence-electron chi connectivity index (χ4n) is 6.54. The molecule has 3 amide bonds. The largest absolute Gasteiger partial charge is 0.381 e. The molecule has 2 fully saturated rings. The number of nitrogens with one attached hydrogen (secondary N) is 3. The number of carbonyl (C=O) groups excluding carboxylic acids is 3. The molecular weight excluding hydrogens is 532 g/mol. The fraction of sp³-hybridized carbons (Fsp3) is 0.562. The zero-order chi connectivity index (χ0) is 29.7. The van der Waals surface area contributed by atoms with Gasteiger partial charge in [-0.25, -0.2) is 0 Å². The van der Waals surface area contributed by atoms with Crippen LogP contribution < -0.4 is 16.0 Å². The molecule has 10 heteroatoms. The Labute approximate surface area is 248 Å². The smallest absolute Gasteiger partial charge is 0.243 e. The van der Waals surface area contributed by atoms with Crippen molar-refractivity contribution in [2.24, 2.45) is 18.4 Å². The Morgan fingerprint density at radius 2 is 1.88 bits per heavy atom. The second-order valence-corrected chi connectivity index (χ2v) is 12.1. The molecule has 42 heavy (non-hydrogen) atoms. The van der Waals surface area contributed by atoms with E-state index in [4.69, 9.17) is 4.74 Å². The van der Waals surface area contributed by atoms with Gasteiger partial charge < -0.3 is 20.7 Å². The van der Waals surface area contributed by atoms with Gasteiger partial charge in [-0.05, 0) is 57.4 Å². The minimum absolute atomic E-state index is 0.0454. The lowest BCUT2D eigenvalue weighted by molar-refractivity contribution is -0.140. The van der Waals surface area contributed by atoms with Gasteiger partial charge in [0.1, 0.15) is 6.04 Å². The van der Waals surface area contributed by atoms with Gasteiger partial charge in [0.2, 0.25) is 17.7 Å². The van der Waals surface area contributed by atoms with Crippen LogP contribution in [0.4, 0.5) is 5.69 Å². The van der Waals surface area contributed by atoms with Gasteiger partial charge in [-0.15, -0.1) is 0 Å². The van der Waals surface area contributed by atoms with E-state index in [1.807, 2.05) is 51.2 Å². The van der Waals surface area contributed by atoms with Crippen LogP contribution in [0.5, 0.6) is 0 Å². The summed E-state index contributed by atoms with van der Waals surface area (Å²) in [5.74, 6) is -0.134. The van der Waals surface area contributed by atoms with Gasteiger partial charge in [-0.2, -0.15) is 5.10 Å². The molecule has 1 spiro atoms. The van der Waals surface area contributed by atoms with Crippen LogP contribution in [-0.4, -0.2) is 77.3 Å². The summed E-state index contributed by atoms with van der Waals surface area (Å²) in [6.07, 6.45) is 8.10. The van der Waals surface area contributed by atoms with Crippen LogP contribution in [-0.2, 0) is 32.6 Å². The SMILES string of the molecule is Cc1nn(C)c(C)c1NC(=O)CN1CC[C@@H]2NC(=O)[C@@H](Cc3ccccc3)NC(=O)C3(CC=CC[C@@H]2C1)CCOCC3. The number of likely N-dealkylation sites (tertiary alicyclic amines) is 1. The zero-order valence-corrected chi connectivity index (χ0v) is 25.0. The second-order valence-electron chi connectivity index (χ2n) is 12.1. The van der Waals surface area contributed by atoms with Gasteiger partial charge in [0.05, 0.1) is 29.0 Å². The Balaban J connectivity index is 1.32. The van der Waals surface area contributed by atoms with Gasteiger partial charge in [0.25, 0.3) is 0 Å². The Kier molecular flexibility index (Phi) is 9.43. The number of aryl methyl sites for hydroxylation is 2. The number of hydrogen-bond acceptors (Lipinski definition) is 6. The topological polar surface area (TPSA) is 118 Å². The molecule has 0 bridgehead atoms. The molecule has 10 nitrogen and oxygen atoms in total. The van der Waals surface area contributed by atoms with Crippen LogP contribution in [0.25, 0.3) is 0 Å². The highest BCUT2D eigenvalue weighted by atomic mass is 16.5. The first kappa shape index (κ1) is 30.0. The van der Waals surface area contributed by atoms with Crippen molar-refractivity contribution in [1.29, 1.82) is 0 Å². The van der Waals surface area contributed by atoms with Gasteiger partial charge in [-0.3, -0.25) is 24.0 Å². The third-order valence-electron chi connectivity index (χ3n) is 9.24. The molecule has 226 valence electrons.